The third kappa shape index (κ3) is 3.44. The van der Waals surface area contributed by atoms with Gasteiger partial charge in [-0.05, 0) is 39.8 Å². The Bertz CT molecular complexity index is 216. The van der Waals surface area contributed by atoms with Gasteiger partial charge in [-0.1, -0.05) is 13.8 Å². The maximum Gasteiger partial charge on any atom is 0.0599 e. The molecule has 1 saturated heterocycles. The summed E-state index contributed by atoms with van der Waals surface area (Å²) in [4.78, 5) is 4.82. The fourth-order valence-electron chi connectivity index (χ4n) is 2.43. The Morgan fingerprint density at radius 3 is 2.50 bits per heavy atom. The summed E-state index contributed by atoms with van der Waals surface area (Å²) in [5, 5.41) is 9.42. The monoisotopic (exact) mass is 228 g/mol. The van der Waals surface area contributed by atoms with Crippen LogP contribution in [0.3, 0.4) is 0 Å². The van der Waals surface area contributed by atoms with Crippen molar-refractivity contribution in [3.05, 3.63) is 0 Å². The number of hydrogen-bond acceptors (Lipinski definition) is 3. The molecule has 1 aliphatic heterocycles. The first-order chi connectivity index (χ1) is 7.36. The molecular formula is C13H28N2O. The lowest BCUT2D eigenvalue weighted by Gasteiger charge is -2.50. The van der Waals surface area contributed by atoms with Crippen LogP contribution in [0.25, 0.3) is 0 Å². The second kappa shape index (κ2) is 5.48. The molecule has 0 amide bonds. The maximum atomic E-state index is 9.42. The van der Waals surface area contributed by atoms with E-state index >= 15 is 0 Å². The average Bonchev–Trinajstić information content (AvgIpc) is 2.19. The minimum atomic E-state index is 0.169. The number of aliphatic hydroxyl groups excluding tert-OH is 1. The van der Waals surface area contributed by atoms with Crippen molar-refractivity contribution in [2.75, 3.05) is 33.3 Å². The molecule has 0 aromatic heterocycles. The van der Waals surface area contributed by atoms with Gasteiger partial charge in [-0.2, -0.15) is 0 Å². The van der Waals surface area contributed by atoms with Crippen LogP contribution < -0.4 is 0 Å². The number of aliphatic hydroxyl groups is 1. The van der Waals surface area contributed by atoms with Gasteiger partial charge in [0.25, 0.3) is 0 Å². The van der Waals surface area contributed by atoms with Crippen molar-refractivity contribution in [2.45, 2.75) is 45.7 Å². The van der Waals surface area contributed by atoms with Crippen LogP contribution in [0.2, 0.25) is 0 Å². The zero-order valence-electron chi connectivity index (χ0n) is 11.5. The molecule has 1 aliphatic rings. The fourth-order valence-corrected chi connectivity index (χ4v) is 2.43. The summed E-state index contributed by atoms with van der Waals surface area (Å²) in [5.74, 6) is 0.760. The second-order valence-corrected chi connectivity index (χ2v) is 6.18. The van der Waals surface area contributed by atoms with E-state index in [0.717, 1.165) is 25.6 Å². The number of rotatable bonds is 4. The molecule has 3 nitrogen and oxygen atoms in total. The number of piperazine rings is 1. The van der Waals surface area contributed by atoms with Crippen molar-refractivity contribution in [2.24, 2.45) is 5.92 Å². The van der Waals surface area contributed by atoms with Crippen LogP contribution in [-0.2, 0) is 0 Å². The highest BCUT2D eigenvalue weighted by molar-refractivity contribution is 4.93. The van der Waals surface area contributed by atoms with Crippen LogP contribution in [-0.4, -0.2) is 59.8 Å². The quantitative estimate of drug-likeness (QED) is 0.788. The molecule has 0 aromatic rings. The summed E-state index contributed by atoms with van der Waals surface area (Å²) >= 11 is 0. The molecular weight excluding hydrogens is 200 g/mol. The van der Waals surface area contributed by atoms with Crippen LogP contribution in [0.4, 0.5) is 0 Å². The first-order valence-electron chi connectivity index (χ1n) is 6.43. The minimum absolute atomic E-state index is 0.169. The van der Waals surface area contributed by atoms with Crippen molar-refractivity contribution < 1.29 is 5.11 Å². The topological polar surface area (TPSA) is 26.7 Å². The zero-order valence-corrected chi connectivity index (χ0v) is 11.5. The summed E-state index contributed by atoms with van der Waals surface area (Å²) in [6.45, 7) is 12.6. The van der Waals surface area contributed by atoms with Gasteiger partial charge >= 0.3 is 0 Å². The van der Waals surface area contributed by atoms with Gasteiger partial charge in [-0.15, -0.1) is 0 Å². The van der Waals surface area contributed by atoms with Gasteiger partial charge in [0.2, 0.25) is 0 Å². The molecule has 1 atom stereocenters. The lowest BCUT2D eigenvalue weighted by Crippen LogP contribution is -2.63. The van der Waals surface area contributed by atoms with E-state index < -0.39 is 0 Å². The molecule has 0 aliphatic carbocycles. The van der Waals surface area contributed by atoms with Crippen LogP contribution >= 0.6 is 0 Å². The van der Waals surface area contributed by atoms with Gasteiger partial charge in [-0.3, -0.25) is 9.80 Å². The van der Waals surface area contributed by atoms with E-state index in [1.807, 2.05) is 0 Å². The average molecular weight is 228 g/mol. The standard InChI is InChI=1S/C13H28N2O/c1-11(2)6-7-15-8-12(9-16)14(5)13(3,4)10-15/h11-12,16H,6-10H2,1-5H3. The Labute approximate surface area is 100 Å². The summed E-state index contributed by atoms with van der Waals surface area (Å²) in [7, 11) is 2.13. The van der Waals surface area contributed by atoms with Gasteiger partial charge in [-0.25, -0.2) is 0 Å². The third-order valence-corrected chi connectivity index (χ3v) is 3.82. The first kappa shape index (κ1) is 13.9. The maximum absolute atomic E-state index is 9.42. The summed E-state index contributed by atoms with van der Waals surface area (Å²) < 4.78 is 0. The van der Waals surface area contributed by atoms with Crippen LogP contribution in [0, 0.1) is 5.92 Å². The molecule has 0 spiro atoms. The van der Waals surface area contributed by atoms with E-state index in [2.05, 4.69) is 44.5 Å². The highest BCUT2D eigenvalue weighted by Crippen LogP contribution is 2.23. The molecule has 0 bridgehead atoms. The van der Waals surface area contributed by atoms with Crippen LogP contribution in [0.5, 0.6) is 0 Å². The largest absolute Gasteiger partial charge is 0.395 e. The van der Waals surface area contributed by atoms with Crippen molar-refractivity contribution >= 4 is 0 Å². The molecule has 1 rings (SSSR count). The van der Waals surface area contributed by atoms with Crippen LogP contribution in [0.15, 0.2) is 0 Å². The minimum Gasteiger partial charge on any atom is -0.395 e. The van der Waals surface area contributed by atoms with Crippen molar-refractivity contribution in [3.8, 4) is 0 Å². The zero-order chi connectivity index (χ0) is 12.3. The van der Waals surface area contributed by atoms with E-state index in [1.54, 1.807) is 0 Å². The highest BCUT2D eigenvalue weighted by Gasteiger charge is 2.36. The van der Waals surface area contributed by atoms with E-state index in [4.69, 9.17) is 0 Å². The van der Waals surface area contributed by atoms with Gasteiger partial charge in [0, 0.05) is 24.7 Å². The Hall–Kier alpha value is -0.120. The second-order valence-electron chi connectivity index (χ2n) is 6.18. The molecule has 3 heteroatoms. The molecule has 1 fully saturated rings. The molecule has 1 N–H and O–H groups in total. The Kier molecular flexibility index (Phi) is 4.77. The van der Waals surface area contributed by atoms with E-state index in [1.165, 1.54) is 6.42 Å². The molecule has 0 saturated carbocycles. The lowest BCUT2D eigenvalue weighted by atomic mass is 9.95. The predicted molar refractivity (Wildman–Crippen MR) is 68.6 cm³/mol. The highest BCUT2D eigenvalue weighted by atomic mass is 16.3. The fraction of sp³-hybridized carbons (Fsp3) is 1.00. The van der Waals surface area contributed by atoms with Crippen molar-refractivity contribution in [3.63, 3.8) is 0 Å². The number of hydrogen-bond donors (Lipinski definition) is 1. The van der Waals surface area contributed by atoms with Gasteiger partial charge < -0.3 is 5.11 Å². The normalized spacial score (nSPS) is 27.6. The Morgan fingerprint density at radius 1 is 1.38 bits per heavy atom. The Morgan fingerprint density at radius 2 is 2.00 bits per heavy atom. The number of likely N-dealkylation sites (N-methyl/N-ethyl adjacent to an activating group) is 1. The van der Waals surface area contributed by atoms with Gasteiger partial charge in [0.1, 0.15) is 0 Å². The molecule has 0 aromatic carbocycles. The summed E-state index contributed by atoms with van der Waals surface area (Å²) in [6, 6.07) is 0.288. The molecule has 1 unspecified atom stereocenters. The summed E-state index contributed by atoms with van der Waals surface area (Å²) in [5.41, 5.74) is 0.169. The van der Waals surface area contributed by atoms with Gasteiger partial charge in [0.05, 0.1) is 6.61 Å². The van der Waals surface area contributed by atoms with Crippen LogP contribution in [0.1, 0.15) is 34.1 Å². The lowest BCUT2D eigenvalue weighted by molar-refractivity contribution is -0.0278. The van der Waals surface area contributed by atoms with Crippen molar-refractivity contribution in [1.29, 1.82) is 0 Å². The van der Waals surface area contributed by atoms with E-state index in [-0.39, 0.29) is 18.2 Å². The summed E-state index contributed by atoms with van der Waals surface area (Å²) in [6.07, 6.45) is 1.25. The number of nitrogens with zero attached hydrogens (tertiary/aromatic N) is 2. The third-order valence-electron chi connectivity index (χ3n) is 3.82. The van der Waals surface area contributed by atoms with Gasteiger partial charge in [0.15, 0.2) is 0 Å². The molecule has 16 heavy (non-hydrogen) atoms. The molecule has 96 valence electrons. The van der Waals surface area contributed by atoms with E-state index in [0.29, 0.717) is 0 Å². The molecule has 0 radical (unpaired) electrons. The SMILES string of the molecule is CC(C)CCN1CC(CO)N(C)C(C)(C)C1. The smallest absolute Gasteiger partial charge is 0.0599 e. The predicted octanol–water partition coefficient (Wildman–Crippen LogP) is 1.42. The molecule has 1 heterocycles. The van der Waals surface area contributed by atoms with Crippen molar-refractivity contribution in [1.82, 2.24) is 9.80 Å². The van der Waals surface area contributed by atoms with E-state index in [9.17, 15) is 5.11 Å². The Balaban J connectivity index is 2.56. The first-order valence-corrected chi connectivity index (χ1v) is 6.43.